The summed E-state index contributed by atoms with van der Waals surface area (Å²) in [6, 6.07) is 18.5. The first-order valence-electron chi connectivity index (χ1n) is 10.7. The summed E-state index contributed by atoms with van der Waals surface area (Å²) < 4.78 is 2.18. The molecular formula is C26H25N3O3S. The standard InChI is InChI=1S/C26H25N3O3S/c1-17(2)28-16-20(13-18(28)3)14-23-24(30)29(15-19-9-11-21(12-10-19)25(31)32)26(33-23)27-22-7-5-4-6-8-22/h4-14,16-17H,15H2,1-3H3,(H,31,32)/b23-14+,27-26?. The summed E-state index contributed by atoms with van der Waals surface area (Å²) in [6.45, 7) is 6.62. The third kappa shape index (κ3) is 5.09. The zero-order valence-electron chi connectivity index (χ0n) is 18.7. The minimum Gasteiger partial charge on any atom is -0.478 e. The summed E-state index contributed by atoms with van der Waals surface area (Å²) in [4.78, 5) is 31.5. The van der Waals surface area contributed by atoms with Crippen LogP contribution in [0.1, 0.15) is 47.1 Å². The molecule has 1 N–H and O–H groups in total. The summed E-state index contributed by atoms with van der Waals surface area (Å²) in [5, 5.41) is 9.74. The van der Waals surface area contributed by atoms with E-state index < -0.39 is 5.97 Å². The molecule has 33 heavy (non-hydrogen) atoms. The average Bonchev–Trinajstić information content (AvgIpc) is 3.29. The van der Waals surface area contributed by atoms with E-state index in [2.05, 4.69) is 37.6 Å². The van der Waals surface area contributed by atoms with Crippen molar-refractivity contribution >= 4 is 40.6 Å². The maximum atomic E-state index is 13.4. The largest absolute Gasteiger partial charge is 0.478 e. The SMILES string of the molecule is Cc1cc(/C=C2/SC(=Nc3ccccc3)N(Cc3ccc(C(=O)O)cc3)C2=O)cn1C(C)C. The Bertz CT molecular complexity index is 1240. The van der Waals surface area contributed by atoms with Gasteiger partial charge in [0.15, 0.2) is 5.17 Å². The number of rotatable bonds is 6. The van der Waals surface area contributed by atoms with Crippen LogP contribution < -0.4 is 0 Å². The fourth-order valence-corrected chi connectivity index (χ4v) is 4.68. The minimum absolute atomic E-state index is 0.119. The van der Waals surface area contributed by atoms with Crippen LogP contribution >= 0.6 is 11.8 Å². The Morgan fingerprint density at radius 1 is 1.12 bits per heavy atom. The lowest BCUT2D eigenvalue weighted by atomic mass is 10.1. The molecule has 6 nitrogen and oxygen atoms in total. The van der Waals surface area contributed by atoms with Crippen LogP contribution in [-0.4, -0.2) is 31.6 Å². The number of para-hydroxylation sites is 1. The van der Waals surface area contributed by atoms with Crippen molar-refractivity contribution in [3.8, 4) is 0 Å². The fraction of sp³-hybridized carbons (Fsp3) is 0.192. The number of nitrogens with zero attached hydrogens (tertiary/aromatic N) is 3. The highest BCUT2D eigenvalue weighted by Gasteiger charge is 2.33. The molecule has 0 bridgehead atoms. The number of thioether (sulfide) groups is 1. The Hall–Kier alpha value is -3.58. The number of aliphatic imine (C=N–C) groups is 1. The van der Waals surface area contributed by atoms with Crippen LogP contribution in [0.3, 0.4) is 0 Å². The first kappa shape index (κ1) is 22.6. The number of aryl methyl sites for hydroxylation is 1. The summed E-state index contributed by atoms with van der Waals surface area (Å²) >= 11 is 1.35. The van der Waals surface area contributed by atoms with E-state index >= 15 is 0 Å². The topological polar surface area (TPSA) is 74.9 Å². The van der Waals surface area contributed by atoms with E-state index in [4.69, 9.17) is 10.1 Å². The van der Waals surface area contributed by atoms with Crippen LogP contribution in [0.5, 0.6) is 0 Å². The molecule has 1 saturated heterocycles. The van der Waals surface area contributed by atoms with Crippen LogP contribution in [-0.2, 0) is 11.3 Å². The molecule has 1 aliphatic heterocycles. The number of carboxylic acid groups (broad SMARTS) is 1. The van der Waals surface area contributed by atoms with Crippen LogP contribution in [0, 0.1) is 6.92 Å². The van der Waals surface area contributed by atoms with Gasteiger partial charge in [-0.1, -0.05) is 30.3 Å². The number of hydrogen-bond acceptors (Lipinski definition) is 4. The van der Waals surface area contributed by atoms with E-state index in [1.54, 1.807) is 29.2 Å². The van der Waals surface area contributed by atoms with E-state index in [1.807, 2.05) is 36.4 Å². The molecule has 2 heterocycles. The normalized spacial score (nSPS) is 16.4. The number of carbonyl (C=O) groups is 2. The highest BCUT2D eigenvalue weighted by atomic mass is 32.2. The van der Waals surface area contributed by atoms with Crippen molar-refractivity contribution in [1.82, 2.24) is 9.47 Å². The van der Waals surface area contributed by atoms with Crippen molar-refractivity contribution in [2.45, 2.75) is 33.4 Å². The molecule has 0 aliphatic carbocycles. The van der Waals surface area contributed by atoms with Gasteiger partial charge in [-0.25, -0.2) is 9.79 Å². The van der Waals surface area contributed by atoms with Gasteiger partial charge < -0.3 is 9.67 Å². The van der Waals surface area contributed by atoms with E-state index in [9.17, 15) is 9.59 Å². The maximum Gasteiger partial charge on any atom is 0.335 e. The van der Waals surface area contributed by atoms with Gasteiger partial charge in [0.25, 0.3) is 5.91 Å². The van der Waals surface area contributed by atoms with Crippen molar-refractivity contribution < 1.29 is 14.7 Å². The van der Waals surface area contributed by atoms with Gasteiger partial charge in [0, 0.05) is 17.9 Å². The van der Waals surface area contributed by atoms with Crippen LogP contribution in [0.2, 0.25) is 0 Å². The second-order valence-corrected chi connectivity index (χ2v) is 9.16. The molecule has 3 aromatic rings. The quantitative estimate of drug-likeness (QED) is 0.467. The number of carboxylic acids is 1. The molecular weight excluding hydrogens is 434 g/mol. The zero-order valence-corrected chi connectivity index (χ0v) is 19.5. The fourth-order valence-electron chi connectivity index (χ4n) is 3.68. The summed E-state index contributed by atoms with van der Waals surface area (Å²) in [7, 11) is 0. The molecule has 0 spiro atoms. The summed E-state index contributed by atoms with van der Waals surface area (Å²) in [5.41, 5.74) is 3.93. The lowest BCUT2D eigenvalue weighted by Gasteiger charge is -2.16. The molecule has 0 radical (unpaired) electrons. The summed E-state index contributed by atoms with van der Waals surface area (Å²) in [6.07, 6.45) is 3.97. The van der Waals surface area contributed by atoms with E-state index in [0.717, 1.165) is 22.5 Å². The predicted octanol–water partition coefficient (Wildman–Crippen LogP) is 5.88. The predicted molar refractivity (Wildman–Crippen MR) is 133 cm³/mol. The minimum atomic E-state index is -0.977. The Kier molecular flexibility index (Phi) is 6.51. The molecule has 0 saturated carbocycles. The van der Waals surface area contributed by atoms with Gasteiger partial charge in [0.1, 0.15) is 0 Å². The zero-order chi connectivity index (χ0) is 23.5. The van der Waals surface area contributed by atoms with Crippen molar-refractivity contribution in [3.05, 3.63) is 94.1 Å². The Balaban J connectivity index is 1.67. The second-order valence-electron chi connectivity index (χ2n) is 8.15. The van der Waals surface area contributed by atoms with Crippen LogP contribution in [0.4, 0.5) is 5.69 Å². The van der Waals surface area contributed by atoms with Gasteiger partial charge in [-0.3, -0.25) is 9.69 Å². The van der Waals surface area contributed by atoms with Gasteiger partial charge in [-0.2, -0.15) is 0 Å². The summed E-state index contributed by atoms with van der Waals surface area (Å²) in [5.74, 6) is -1.10. The highest BCUT2D eigenvalue weighted by molar-refractivity contribution is 8.18. The molecule has 7 heteroatoms. The Morgan fingerprint density at radius 2 is 1.82 bits per heavy atom. The molecule has 2 aromatic carbocycles. The van der Waals surface area contributed by atoms with Gasteiger partial charge in [0.05, 0.1) is 22.7 Å². The third-order valence-electron chi connectivity index (χ3n) is 5.34. The van der Waals surface area contributed by atoms with Crippen LogP contribution in [0.25, 0.3) is 6.08 Å². The molecule has 1 fully saturated rings. The number of carbonyl (C=O) groups excluding carboxylic acids is 1. The molecule has 0 unspecified atom stereocenters. The van der Waals surface area contributed by atoms with Gasteiger partial charge in [0.2, 0.25) is 0 Å². The van der Waals surface area contributed by atoms with Crippen molar-refractivity contribution in [2.24, 2.45) is 4.99 Å². The average molecular weight is 460 g/mol. The first-order chi connectivity index (χ1) is 15.8. The number of aromatic carboxylic acids is 1. The lowest BCUT2D eigenvalue weighted by molar-refractivity contribution is -0.122. The smallest absolute Gasteiger partial charge is 0.335 e. The second kappa shape index (κ2) is 9.50. The van der Waals surface area contributed by atoms with E-state index in [0.29, 0.717) is 22.7 Å². The van der Waals surface area contributed by atoms with Crippen LogP contribution in [0.15, 0.2) is 76.8 Å². The van der Waals surface area contributed by atoms with Crippen molar-refractivity contribution in [1.29, 1.82) is 0 Å². The van der Waals surface area contributed by atoms with E-state index in [-0.39, 0.29) is 11.5 Å². The van der Waals surface area contributed by atoms with Gasteiger partial charge in [-0.05, 0) is 80.1 Å². The maximum absolute atomic E-state index is 13.4. The number of hydrogen-bond donors (Lipinski definition) is 1. The Labute approximate surface area is 197 Å². The molecule has 1 aromatic heterocycles. The van der Waals surface area contributed by atoms with Gasteiger partial charge >= 0.3 is 5.97 Å². The van der Waals surface area contributed by atoms with Crippen molar-refractivity contribution in [2.75, 3.05) is 0 Å². The first-order valence-corrected chi connectivity index (χ1v) is 11.5. The number of amides is 1. The number of benzene rings is 2. The molecule has 0 atom stereocenters. The van der Waals surface area contributed by atoms with Crippen molar-refractivity contribution in [3.63, 3.8) is 0 Å². The lowest BCUT2D eigenvalue weighted by Crippen LogP contribution is -2.28. The number of aromatic nitrogens is 1. The Morgan fingerprint density at radius 3 is 2.42 bits per heavy atom. The van der Waals surface area contributed by atoms with Gasteiger partial charge in [-0.15, -0.1) is 0 Å². The monoisotopic (exact) mass is 459 g/mol. The molecule has 1 aliphatic rings. The molecule has 168 valence electrons. The highest BCUT2D eigenvalue weighted by Crippen LogP contribution is 2.35. The molecule has 1 amide bonds. The third-order valence-corrected chi connectivity index (χ3v) is 6.34. The molecule has 4 rings (SSSR count). The van der Waals surface area contributed by atoms with E-state index in [1.165, 1.54) is 11.8 Å². The number of amidine groups is 1.